The molecule has 2 aromatic rings. The molecule has 0 radical (unpaired) electrons. The van der Waals surface area contributed by atoms with E-state index in [0.29, 0.717) is 24.3 Å². The third-order valence-corrected chi connectivity index (χ3v) is 6.39. The van der Waals surface area contributed by atoms with Crippen LogP contribution < -0.4 is 0 Å². The number of nitrogens with zero attached hydrogens (tertiary/aromatic N) is 2. The van der Waals surface area contributed by atoms with Crippen LogP contribution in [0, 0.1) is 0 Å². The molecule has 1 fully saturated rings. The van der Waals surface area contributed by atoms with Gasteiger partial charge in [0.25, 0.3) is 0 Å². The van der Waals surface area contributed by atoms with Gasteiger partial charge in [0.2, 0.25) is 10.0 Å². The summed E-state index contributed by atoms with van der Waals surface area (Å²) in [5.74, 6) is 0.313. The molecule has 0 unspecified atom stereocenters. The van der Waals surface area contributed by atoms with Crippen molar-refractivity contribution in [2.24, 2.45) is 0 Å². The minimum absolute atomic E-state index is 0.00565. The van der Waals surface area contributed by atoms with Crippen molar-refractivity contribution in [2.75, 3.05) is 24.6 Å². The molecular formula is C14H15N3O4S2. The second-order valence-electron chi connectivity index (χ2n) is 5.04. The number of aromatic carboxylic acids is 1. The molecule has 9 heteroatoms. The number of aromatic amines is 1. The monoisotopic (exact) mass is 353 g/mol. The first-order valence-electron chi connectivity index (χ1n) is 6.94. The number of hydrogen-bond acceptors (Lipinski definition) is 5. The Balaban J connectivity index is 2.09. The summed E-state index contributed by atoms with van der Waals surface area (Å²) in [4.78, 5) is 11.3. The molecule has 2 N–H and O–H groups in total. The standard InChI is InChI=1S/C14H15N3O4S2/c18-14(19)11-7-10(13-1-2-15-16-13)8-12(9-11)23(20,21)17-3-5-22-6-4-17/h1-2,7-9H,3-6H2,(H,15,16)(H,18,19). The molecule has 0 bridgehead atoms. The van der Waals surface area contributed by atoms with Crippen LogP contribution in [0.25, 0.3) is 11.3 Å². The second-order valence-corrected chi connectivity index (χ2v) is 8.20. The molecule has 1 saturated heterocycles. The van der Waals surface area contributed by atoms with E-state index in [4.69, 9.17) is 0 Å². The van der Waals surface area contributed by atoms with Gasteiger partial charge in [0.1, 0.15) is 0 Å². The fourth-order valence-corrected chi connectivity index (χ4v) is 5.03. The van der Waals surface area contributed by atoms with E-state index in [1.165, 1.54) is 28.7 Å². The van der Waals surface area contributed by atoms with E-state index < -0.39 is 16.0 Å². The molecule has 1 aliphatic heterocycles. The predicted molar refractivity (Wildman–Crippen MR) is 87.1 cm³/mol. The SMILES string of the molecule is O=C(O)c1cc(-c2ccn[nH]2)cc(S(=O)(=O)N2CCSCC2)c1. The molecule has 1 aliphatic rings. The average Bonchev–Trinajstić information content (AvgIpc) is 3.09. The highest BCUT2D eigenvalue weighted by atomic mass is 32.2. The molecule has 0 atom stereocenters. The van der Waals surface area contributed by atoms with Gasteiger partial charge >= 0.3 is 5.97 Å². The topological polar surface area (TPSA) is 103 Å². The number of carboxylic acid groups (broad SMARTS) is 1. The number of carboxylic acids is 1. The van der Waals surface area contributed by atoms with Crippen molar-refractivity contribution in [1.29, 1.82) is 0 Å². The first-order valence-corrected chi connectivity index (χ1v) is 9.54. The van der Waals surface area contributed by atoms with Crippen LogP contribution in [0.2, 0.25) is 0 Å². The molecule has 3 rings (SSSR count). The number of nitrogens with one attached hydrogen (secondary N) is 1. The van der Waals surface area contributed by atoms with Crippen LogP contribution in [-0.2, 0) is 10.0 Å². The van der Waals surface area contributed by atoms with Gasteiger partial charge in [-0.15, -0.1) is 0 Å². The lowest BCUT2D eigenvalue weighted by Gasteiger charge is -2.25. The number of aromatic nitrogens is 2. The Kier molecular flexibility index (Phi) is 4.42. The van der Waals surface area contributed by atoms with Crippen molar-refractivity contribution in [3.05, 3.63) is 36.0 Å². The molecule has 2 heterocycles. The van der Waals surface area contributed by atoms with Gasteiger partial charge in [0, 0.05) is 36.4 Å². The maximum Gasteiger partial charge on any atom is 0.335 e. The largest absolute Gasteiger partial charge is 0.478 e. The minimum atomic E-state index is -3.71. The Bertz CT molecular complexity index is 813. The van der Waals surface area contributed by atoms with E-state index >= 15 is 0 Å². The normalized spacial score (nSPS) is 16.3. The fraction of sp³-hybridized carbons (Fsp3) is 0.286. The summed E-state index contributed by atoms with van der Waals surface area (Å²) in [5.41, 5.74) is 0.980. The van der Waals surface area contributed by atoms with E-state index in [1.807, 2.05) is 0 Å². The summed E-state index contributed by atoms with van der Waals surface area (Å²) in [6.07, 6.45) is 1.53. The van der Waals surface area contributed by atoms with Gasteiger partial charge < -0.3 is 5.11 Å². The maximum absolute atomic E-state index is 12.8. The van der Waals surface area contributed by atoms with Crippen LogP contribution in [0.3, 0.4) is 0 Å². The summed E-state index contributed by atoms with van der Waals surface area (Å²) in [7, 11) is -3.71. The Morgan fingerprint density at radius 2 is 2.00 bits per heavy atom. The number of hydrogen-bond donors (Lipinski definition) is 2. The summed E-state index contributed by atoms with van der Waals surface area (Å²) in [6, 6.07) is 5.78. The third-order valence-electron chi connectivity index (χ3n) is 3.57. The molecule has 1 aromatic heterocycles. The van der Waals surface area contributed by atoms with Crippen LogP contribution in [0.4, 0.5) is 0 Å². The highest BCUT2D eigenvalue weighted by Gasteiger charge is 2.27. The number of benzene rings is 1. The molecule has 7 nitrogen and oxygen atoms in total. The van der Waals surface area contributed by atoms with E-state index in [-0.39, 0.29) is 10.5 Å². The van der Waals surface area contributed by atoms with Crippen molar-refractivity contribution < 1.29 is 18.3 Å². The van der Waals surface area contributed by atoms with Crippen LogP contribution in [0.1, 0.15) is 10.4 Å². The first kappa shape index (κ1) is 16.0. The van der Waals surface area contributed by atoms with Gasteiger partial charge in [0.15, 0.2) is 0 Å². The molecule has 0 aliphatic carbocycles. The Morgan fingerprint density at radius 3 is 2.61 bits per heavy atom. The van der Waals surface area contributed by atoms with Gasteiger partial charge in [0.05, 0.1) is 16.2 Å². The summed E-state index contributed by atoms with van der Waals surface area (Å²) in [5, 5.41) is 15.8. The number of sulfonamides is 1. The zero-order valence-electron chi connectivity index (χ0n) is 12.1. The lowest BCUT2D eigenvalue weighted by molar-refractivity contribution is 0.0696. The lowest BCUT2D eigenvalue weighted by Crippen LogP contribution is -2.37. The van der Waals surface area contributed by atoms with Crippen molar-refractivity contribution in [3.8, 4) is 11.3 Å². The van der Waals surface area contributed by atoms with E-state index in [0.717, 1.165) is 11.5 Å². The molecule has 23 heavy (non-hydrogen) atoms. The van der Waals surface area contributed by atoms with Crippen LogP contribution >= 0.6 is 11.8 Å². The number of thioether (sulfide) groups is 1. The number of carbonyl (C=O) groups is 1. The van der Waals surface area contributed by atoms with Gasteiger partial charge in [-0.2, -0.15) is 21.2 Å². The maximum atomic E-state index is 12.8. The van der Waals surface area contributed by atoms with Gasteiger partial charge in [-0.25, -0.2) is 13.2 Å². The van der Waals surface area contributed by atoms with Crippen LogP contribution in [-0.4, -0.2) is 58.6 Å². The zero-order valence-corrected chi connectivity index (χ0v) is 13.7. The highest BCUT2D eigenvalue weighted by Crippen LogP contribution is 2.26. The molecule has 0 saturated carbocycles. The quantitative estimate of drug-likeness (QED) is 0.864. The highest BCUT2D eigenvalue weighted by molar-refractivity contribution is 7.99. The van der Waals surface area contributed by atoms with E-state index in [2.05, 4.69) is 10.2 Å². The van der Waals surface area contributed by atoms with Crippen molar-refractivity contribution >= 4 is 27.8 Å². The Labute approximate surface area is 137 Å². The number of rotatable bonds is 4. The summed E-state index contributed by atoms with van der Waals surface area (Å²) in [6.45, 7) is 0.868. The first-order chi connectivity index (χ1) is 11.0. The fourth-order valence-electron chi connectivity index (χ4n) is 2.38. The van der Waals surface area contributed by atoms with Crippen LogP contribution in [0.5, 0.6) is 0 Å². The molecule has 1 aromatic carbocycles. The molecular weight excluding hydrogens is 338 g/mol. The average molecular weight is 353 g/mol. The van der Waals surface area contributed by atoms with Gasteiger partial charge in [-0.3, -0.25) is 5.10 Å². The van der Waals surface area contributed by atoms with E-state index in [9.17, 15) is 18.3 Å². The minimum Gasteiger partial charge on any atom is -0.478 e. The van der Waals surface area contributed by atoms with Crippen molar-refractivity contribution in [3.63, 3.8) is 0 Å². The van der Waals surface area contributed by atoms with E-state index in [1.54, 1.807) is 17.8 Å². The Hall–Kier alpha value is -1.84. The van der Waals surface area contributed by atoms with Crippen molar-refractivity contribution in [1.82, 2.24) is 14.5 Å². The molecule has 0 spiro atoms. The second kappa shape index (κ2) is 6.34. The zero-order chi connectivity index (χ0) is 16.4. The lowest BCUT2D eigenvalue weighted by atomic mass is 10.1. The smallest absolute Gasteiger partial charge is 0.335 e. The third kappa shape index (κ3) is 3.26. The van der Waals surface area contributed by atoms with Crippen molar-refractivity contribution in [2.45, 2.75) is 4.90 Å². The molecule has 122 valence electrons. The summed E-state index contributed by atoms with van der Waals surface area (Å²) >= 11 is 1.71. The van der Waals surface area contributed by atoms with Crippen LogP contribution in [0.15, 0.2) is 35.4 Å². The van der Waals surface area contributed by atoms with Gasteiger partial charge in [-0.05, 0) is 24.3 Å². The Morgan fingerprint density at radius 1 is 1.26 bits per heavy atom. The number of H-pyrrole nitrogens is 1. The predicted octanol–water partition coefficient (Wildman–Crippen LogP) is 1.51. The summed E-state index contributed by atoms with van der Waals surface area (Å²) < 4.78 is 27.0. The van der Waals surface area contributed by atoms with Gasteiger partial charge in [-0.1, -0.05) is 0 Å². The molecule has 0 amide bonds.